The van der Waals surface area contributed by atoms with Crippen LogP contribution in [0.1, 0.15) is 28.1 Å². The van der Waals surface area contributed by atoms with Crippen molar-refractivity contribution >= 4 is 27.3 Å². The number of hydrogen-bond acceptors (Lipinski definition) is 3. The Balaban J connectivity index is 1.31. The van der Waals surface area contributed by atoms with E-state index in [2.05, 4.69) is 52.7 Å². The highest BCUT2D eigenvalue weighted by molar-refractivity contribution is 7.20. The molecule has 1 aromatic heterocycles. The minimum absolute atomic E-state index is 0.0720. The van der Waals surface area contributed by atoms with E-state index in [1.165, 1.54) is 10.3 Å². The molecule has 0 saturated carbocycles. The average molecular weight is 350 g/mol. The summed E-state index contributed by atoms with van der Waals surface area (Å²) in [6.45, 7) is 3.07. The summed E-state index contributed by atoms with van der Waals surface area (Å²) in [5, 5.41) is 4.37. The van der Waals surface area contributed by atoms with E-state index < -0.39 is 0 Å². The Bertz CT molecular complexity index is 817. The van der Waals surface area contributed by atoms with Crippen LogP contribution in [-0.2, 0) is 6.54 Å². The fourth-order valence-corrected chi connectivity index (χ4v) is 4.39. The van der Waals surface area contributed by atoms with Gasteiger partial charge in [0.25, 0.3) is 5.91 Å². The summed E-state index contributed by atoms with van der Waals surface area (Å²) in [5.41, 5.74) is 1.36. The van der Waals surface area contributed by atoms with Crippen molar-refractivity contribution < 1.29 is 4.79 Å². The smallest absolute Gasteiger partial charge is 0.261 e. The number of hydrogen-bond donors (Lipinski definition) is 1. The van der Waals surface area contributed by atoms with E-state index in [1.54, 1.807) is 11.3 Å². The molecule has 4 heteroatoms. The van der Waals surface area contributed by atoms with Gasteiger partial charge in [-0.3, -0.25) is 9.69 Å². The monoisotopic (exact) mass is 350 g/mol. The van der Waals surface area contributed by atoms with E-state index in [0.717, 1.165) is 42.7 Å². The number of rotatable bonds is 4. The summed E-state index contributed by atoms with van der Waals surface area (Å²) < 4.78 is 1.17. The Hall–Kier alpha value is -2.17. The van der Waals surface area contributed by atoms with Crippen molar-refractivity contribution in [2.75, 3.05) is 13.1 Å². The molecule has 128 valence electrons. The van der Waals surface area contributed by atoms with Crippen LogP contribution in [-0.4, -0.2) is 29.9 Å². The fraction of sp³-hybridized carbons (Fsp3) is 0.286. The van der Waals surface area contributed by atoms with E-state index in [9.17, 15) is 4.79 Å². The van der Waals surface area contributed by atoms with Gasteiger partial charge in [0, 0.05) is 30.4 Å². The lowest BCUT2D eigenvalue weighted by Gasteiger charge is -2.32. The van der Waals surface area contributed by atoms with Crippen molar-refractivity contribution in [2.24, 2.45) is 0 Å². The second-order valence-corrected chi connectivity index (χ2v) is 7.74. The molecule has 0 radical (unpaired) electrons. The number of carbonyl (C=O) groups excluding carboxylic acids is 1. The van der Waals surface area contributed by atoms with Crippen molar-refractivity contribution in [2.45, 2.75) is 25.4 Å². The molecular formula is C21H22N2OS. The molecule has 4 rings (SSSR count). The van der Waals surface area contributed by atoms with Crippen LogP contribution in [0.4, 0.5) is 0 Å². The molecule has 2 heterocycles. The average Bonchev–Trinajstić information content (AvgIpc) is 3.09. The molecule has 1 amide bonds. The van der Waals surface area contributed by atoms with Gasteiger partial charge in [0.1, 0.15) is 0 Å². The Labute approximate surface area is 152 Å². The Morgan fingerprint density at radius 1 is 1.04 bits per heavy atom. The van der Waals surface area contributed by atoms with Crippen LogP contribution in [0.3, 0.4) is 0 Å². The van der Waals surface area contributed by atoms with Crippen molar-refractivity contribution in [3.05, 3.63) is 71.1 Å². The van der Waals surface area contributed by atoms with E-state index in [4.69, 9.17) is 0 Å². The van der Waals surface area contributed by atoms with E-state index in [1.807, 2.05) is 18.2 Å². The second kappa shape index (κ2) is 7.38. The predicted octanol–water partition coefficient (Wildman–Crippen LogP) is 4.30. The molecule has 1 N–H and O–H groups in total. The molecule has 3 aromatic rings. The van der Waals surface area contributed by atoms with Gasteiger partial charge in [-0.25, -0.2) is 0 Å². The first-order chi connectivity index (χ1) is 12.3. The highest BCUT2D eigenvalue weighted by Gasteiger charge is 2.21. The van der Waals surface area contributed by atoms with Crippen LogP contribution < -0.4 is 5.32 Å². The van der Waals surface area contributed by atoms with Crippen molar-refractivity contribution in [3.8, 4) is 0 Å². The van der Waals surface area contributed by atoms with Gasteiger partial charge in [-0.2, -0.15) is 0 Å². The summed E-state index contributed by atoms with van der Waals surface area (Å²) >= 11 is 1.57. The molecule has 2 aromatic carbocycles. The minimum Gasteiger partial charge on any atom is -0.349 e. The third-order valence-electron chi connectivity index (χ3n) is 4.82. The number of nitrogens with zero attached hydrogens (tertiary/aromatic N) is 1. The molecule has 1 fully saturated rings. The summed E-state index contributed by atoms with van der Waals surface area (Å²) in [6.07, 6.45) is 2.03. The normalized spacial score (nSPS) is 16.2. The molecule has 0 bridgehead atoms. The van der Waals surface area contributed by atoms with E-state index in [0.29, 0.717) is 0 Å². The molecule has 1 aliphatic heterocycles. The Morgan fingerprint density at radius 3 is 2.52 bits per heavy atom. The zero-order valence-corrected chi connectivity index (χ0v) is 15.0. The molecule has 0 aliphatic carbocycles. The van der Waals surface area contributed by atoms with Crippen LogP contribution in [0, 0.1) is 0 Å². The number of carbonyl (C=O) groups is 1. The maximum atomic E-state index is 12.5. The van der Waals surface area contributed by atoms with Crippen LogP contribution in [0.2, 0.25) is 0 Å². The first kappa shape index (κ1) is 16.3. The van der Waals surface area contributed by atoms with Gasteiger partial charge in [-0.1, -0.05) is 48.5 Å². The molecule has 0 spiro atoms. The lowest BCUT2D eigenvalue weighted by Crippen LogP contribution is -2.44. The maximum Gasteiger partial charge on any atom is 0.261 e. The number of nitrogens with one attached hydrogen (secondary N) is 1. The van der Waals surface area contributed by atoms with Gasteiger partial charge in [-0.05, 0) is 35.9 Å². The zero-order chi connectivity index (χ0) is 17.1. The zero-order valence-electron chi connectivity index (χ0n) is 14.2. The van der Waals surface area contributed by atoms with Gasteiger partial charge in [0.05, 0.1) is 4.88 Å². The maximum absolute atomic E-state index is 12.5. The summed E-state index contributed by atoms with van der Waals surface area (Å²) in [6, 6.07) is 21.0. The number of amides is 1. The van der Waals surface area contributed by atoms with Crippen LogP contribution in [0.15, 0.2) is 60.7 Å². The number of benzene rings is 2. The minimum atomic E-state index is 0.0720. The third kappa shape index (κ3) is 3.91. The first-order valence-corrected chi connectivity index (χ1v) is 9.65. The van der Waals surface area contributed by atoms with Gasteiger partial charge in [-0.15, -0.1) is 11.3 Å². The quantitative estimate of drug-likeness (QED) is 0.761. The topological polar surface area (TPSA) is 32.3 Å². The van der Waals surface area contributed by atoms with Gasteiger partial charge in [0.2, 0.25) is 0 Å². The summed E-state index contributed by atoms with van der Waals surface area (Å²) in [5.74, 6) is 0.0720. The number of piperidine rings is 1. The van der Waals surface area contributed by atoms with Crippen LogP contribution in [0.5, 0.6) is 0 Å². The van der Waals surface area contributed by atoms with Crippen LogP contribution in [0.25, 0.3) is 10.1 Å². The SMILES string of the molecule is O=C(NC1CCN(Cc2ccccc2)CC1)c1cc2ccccc2s1. The summed E-state index contributed by atoms with van der Waals surface area (Å²) in [7, 11) is 0. The third-order valence-corrected chi connectivity index (χ3v) is 5.94. The Kier molecular flexibility index (Phi) is 4.81. The molecule has 25 heavy (non-hydrogen) atoms. The molecule has 1 saturated heterocycles. The highest BCUT2D eigenvalue weighted by atomic mass is 32.1. The molecular weight excluding hydrogens is 328 g/mol. The van der Waals surface area contributed by atoms with Crippen molar-refractivity contribution in [1.29, 1.82) is 0 Å². The van der Waals surface area contributed by atoms with Crippen LogP contribution >= 0.6 is 11.3 Å². The highest BCUT2D eigenvalue weighted by Crippen LogP contribution is 2.25. The van der Waals surface area contributed by atoms with Gasteiger partial charge < -0.3 is 5.32 Å². The number of fused-ring (bicyclic) bond motifs is 1. The van der Waals surface area contributed by atoms with Gasteiger partial charge in [0.15, 0.2) is 0 Å². The molecule has 3 nitrogen and oxygen atoms in total. The largest absolute Gasteiger partial charge is 0.349 e. The predicted molar refractivity (Wildman–Crippen MR) is 104 cm³/mol. The fourth-order valence-electron chi connectivity index (χ4n) is 3.43. The second-order valence-electron chi connectivity index (χ2n) is 6.66. The standard InChI is InChI=1S/C21H22N2OS/c24-21(20-14-17-8-4-5-9-19(17)25-20)22-18-10-12-23(13-11-18)15-16-6-2-1-3-7-16/h1-9,14,18H,10-13,15H2,(H,22,24). The lowest BCUT2D eigenvalue weighted by molar-refractivity contribution is 0.0913. The number of likely N-dealkylation sites (tertiary alicyclic amines) is 1. The van der Waals surface area contributed by atoms with Crippen molar-refractivity contribution in [1.82, 2.24) is 10.2 Å². The van der Waals surface area contributed by atoms with E-state index >= 15 is 0 Å². The molecule has 0 atom stereocenters. The first-order valence-electron chi connectivity index (χ1n) is 8.84. The van der Waals surface area contributed by atoms with E-state index in [-0.39, 0.29) is 11.9 Å². The number of thiophene rings is 1. The van der Waals surface area contributed by atoms with Gasteiger partial charge >= 0.3 is 0 Å². The molecule has 1 aliphatic rings. The molecule has 0 unspecified atom stereocenters. The van der Waals surface area contributed by atoms with Crippen molar-refractivity contribution in [3.63, 3.8) is 0 Å². The summed E-state index contributed by atoms with van der Waals surface area (Å²) in [4.78, 5) is 15.8. The lowest BCUT2D eigenvalue weighted by atomic mass is 10.0. The Morgan fingerprint density at radius 2 is 1.76 bits per heavy atom.